The van der Waals surface area contributed by atoms with Crippen LogP contribution in [0.3, 0.4) is 0 Å². The summed E-state index contributed by atoms with van der Waals surface area (Å²) in [5.41, 5.74) is 0.372. The molecule has 1 N–H and O–H groups in total. The first-order valence-electron chi connectivity index (χ1n) is 6.27. The molecule has 0 aliphatic carbocycles. The van der Waals surface area contributed by atoms with Crippen molar-refractivity contribution in [3.8, 4) is 0 Å². The molecule has 2 heterocycles. The lowest BCUT2D eigenvalue weighted by Crippen LogP contribution is -2.05. The first-order valence-corrected chi connectivity index (χ1v) is 6.65. The summed E-state index contributed by atoms with van der Waals surface area (Å²) >= 11 is 5.59. The second-order valence-corrected chi connectivity index (χ2v) is 5.16. The molecule has 0 saturated carbocycles. The van der Waals surface area contributed by atoms with Crippen LogP contribution in [0.15, 0.2) is 36.7 Å². The maximum absolute atomic E-state index is 13.8. The maximum Gasteiger partial charge on any atom is 0.354 e. The molecule has 1 aromatic carbocycles. The largest absolute Gasteiger partial charge is 0.477 e. The summed E-state index contributed by atoms with van der Waals surface area (Å²) in [4.78, 5) is 14.7. The second kappa shape index (κ2) is 5.38. The Kier molecular flexibility index (Phi) is 3.54. The number of carboxylic acid groups (broad SMARTS) is 1. The molecule has 0 bridgehead atoms. The SMILES string of the molecule is O=C(O)c1cc2ccn(Cc3c(F)cc(Cl)cc3F)c2cn1. The predicted molar refractivity (Wildman–Crippen MR) is 77.2 cm³/mol. The number of carbonyl (C=O) groups is 1. The van der Waals surface area contributed by atoms with Gasteiger partial charge in [-0.3, -0.25) is 0 Å². The van der Waals surface area contributed by atoms with Crippen LogP contribution in [0, 0.1) is 11.6 Å². The van der Waals surface area contributed by atoms with Gasteiger partial charge in [0.2, 0.25) is 0 Å². The molecule has 0 aliphatic rings. The molecule has 7 heteroatoms. The second-order valence-electron chi connectivity index (χ2n) is 4.73. The molecule has 0 aliphatic heterocycles. The Bertz CT molecular complexity index is 869. The van der Waals surface area contributed by atoms with Gasteiger partial charge in [-0.05, 0) is 24.3 Å². The smallest absolute Gasteiger partial charge is 0.354 e. The lowest BCUT2D eigenvalue weighted by molar-refractivity contribution is 0.0690. The maximum atomic E-state index is 13.8. The first-order chi connectivity index (χ1) is 10.5. The van der Waals surface area contributed by atoms with Gasteiger partial charge in [0.05, 0.1) is 18.3 Å². The molecule has 112 valence electrons. The van der Waals surface area contributed by atoms with Gasteiger partial charge in [-0.1, -0.05) is 11.6 Å². The van der Waals surface area contributed by atoms with Crippen molar-refractivity contribution in [2.24, 2.45) is 0 Å². The van der Waals surface area contributed by atoms with Gasteiger partial charge in [-0.15, -0.1) is 0 Å². The molecule has 0 atom stereocenters. The molecule has 2 aromatic heterocycles. The fraction of sp³-hybridized carbons (Fsp3) is 0.0667. The number of carboxylic acids is 1. The Hall–Kier alpha value is -2.47. The number of pyridine rings is 1. The van der Waals surface area contributed by atoms with Crippen LogP contribution in [0.2, 0.25) is 5.02 Å². The molecular weight excluding hydrogens is 314 g/mol. The molecule has 22 heavy (non-hydrogen) atoms. The summed E-state index contributed by atoms with van der Waals surface area (Å²) < 4.78 is 29.3. The molecule has 0 radical (unpaired) electrons. The van der Waals surface area contributed by atoms with Crippen LogP contribution in [0.1, 0.15) is 16.1 Å². The zero-order valence-corrected chi connectivity index (χ0v) is 11.8. The van der Waals surface area contributed by atoms with E-state index in [4.69, 9.17) is 16.7 Å². The quantitative estimate of drug-likeness (QED) is 0.799. The average Bonchev–Trinajstić information content (AvgIpc) is 2.85. The number of aromatic nitrogens is 2. The van der Waals surface area contributed by atoms with Crippen LogP contribution in [0.25, 0.3) is 10.9 Å². The van der Waals surface area contributed by atoms with Gasteiger partial charge in [0, 0.05) is 22.2 Å². The minimum absolute atomic E-state index is 0.0103. The van der Waals surface area contributed by atoms with Crippen molar-refractivity contribution in [3.63, 3.8) is 0 Å². The van der Waals surface area contributed by atoms with Crippen molar-refractivity contribution in [1.29, 1.82) is 0 Å². The van der Waals surface area contributed by atoms with E-state index in [1.807, 2.05) is 0 Å². The van der Waals surface area contributed by atoms with E-state index in [0.29, 0.717) is 10.9 Å². The Balaban J connectivity index is 2.03. The van der Waals surface area contributed by atoms with Crippen LogP contribution < -0.4 is 0 Å². The van der Waals surface area contributed by atoms with Crippen molar-refractivity contribution in [1.82, 2.24) is 9.55 Å². The number of hydrogen-bond donors (Lipinski definition) is 1. The van der Waals surface area contributed by atoms with Crippen LogP contribution in [0.4, 0.5) is 8.78 Å². The average molecular weight is 323 g/mol. The first kappa shape index (κ1) is 14.5. The molecule has 0 amide bonds. The molecular formula is C15H9ClF2N2O2. The molecule has 3 aromatic rings. The van der Waals surface area contributed by atoms with Crippen LogP contribution in [-0.4, -0.2) is 20.6 Å². The van der Waals surface area contributed by atoms with E-state index >= 15 is 0 Å². The van der Waals surface area contributed by atoms with Gasteiger partial charge in [0.1, 0.15) is 17.3 Å². The highest BCUT2D eigenvalue weighted by molar-refractivity contribution is 6.30. The number of hydrogen-bond acceptors (Lipinski definition) is 2. The van der Waals surface area contributed by atoms with Gasteiger partial charge >= 0.3 is 5.97 Å². The van der Waals surface area contributed by atoms with Crippen molar-refractivity contribution in [2.75, 3.05) is 0 Å². The van der Waals surface area contributed by atoms with Gasteiger partial charge in [-0.25, -0.2) is 18.6 Å². The van der Waals surface area contributed by atoms with Gasteiger partial charge in [0.15, 0.2) is 0 Å². The summed E-state index contributed by atoms with van der Waals surface area (Å²) in [6, 6.07) is 5.16. The third kappa shape index (κ3) is 2.53. The van der Waals surface area contributed by atoms with Crippen molar-refractivity contribution < 1.29 is 18.7 Å². The Morgan fingerprint density at radius 2 is 1.95 bits per heavy atom. The van der Waals surface area contributed by atoms with Gasteiger partial charge < -0.3 is 9.67 Å². The third-order valence-electron chi connectivity index (χ3n) is 3.31. The fourth-order valence-electron chi connectivity index (χ4n) is 2.24. The van der Waals surface area contributed by atoms with E-state index in [1.54, 1.807) is 16.8 Å². The highest BCUT2D eigenvalue weighted by Gasteiger charge is 2.13. The lowest BCUT2D eigenvalue weighted by atomic mass is 10.2. The zero-order valence-electron chi connectivity index (χ0n) is 11.1. The van der Waals surface area contributed by atoms with Crippen molar-refractivity contribution in [2.45, 2.75) is 6.54 Å². The summed E-state index contributed by atoms with van der Waals surface area (Å²) in [5, 5.41) is 9.52. The van der Waals surface area contributed by atoms with E-state index in [2.05, 4.69) is 4.98 Å². The summed E-state index contributed by atoms with van der Waals surface area (Å²) in [6.45, 7) is -0.0492. The van der Waals surface area contributed by atoms with Crippen molar-refractivity contribution >= 4 is 28.5 Å². The fourth-order valence-corrected chi connectivity index (χ4v) is 2.43. The Labute approximate surface area is 128 Å². The summed E-state index contributed by atoms with van der Waals surface area (Å²) in [7, 11) is 0. The van der Waals surface area contributed by atoms with E-state index in [-0.39, 0.29) is 22.8 Å². The summed E-state index contributed by atoms with van der Waals surface area (Å²) in [6.07, 6.45) is 2.98. The molecule has 0 saturated heterocycles. The third-order valence-corrected chi connectivity index (χ3v) is 3.53. The monoisotopic (exact) mass is 322 g/mol. The van der Waals surface area contributed by atoms with Crippen molar-refractivity contribution in [3.05, 3.63) is 64.6 Å². The standard InChI is InChI=1S/C15H9ClF2N2O2/c16-9-4-11(17)10(12(18)5-9)7-20-2-1-8-3-13(15(21)22)19-6-14(8)20/h1-6H,7H2,(H,21,22). The molecule has 4 nitrogen and oxygen atoms in total. The molecule has 0 fully saturated rings. The van der Waals surface area contributed by atoms with Crippen LogP contribution >= 0.6 is 11.6 Å². The number of halogens is 3. The number of benzene rings is 1. The van der Waals surface area contributed by atoms with E-state index in [1.165, 1.54) is 12.3 Å². The zero-order chi connectivity index (χ0) is 15.9. The van der Waals surface area contributed by atoms with Gasteiger partial charge in [-0.2, -0.15) is 0 Å². The Morgan fingerprint density at radius 3 is 2.59 bits per heavy atom. The van der Waals surface area contributed by atoms with Gasteiger partial charge in [0.25, 0.3) is 0 Å². The number of fused-ring (bicyclic) bond motifs is 1. The molecule has 0 unspecified atom stereocenters. The molecule has 3 rings (SSSR count). The van der Waals surface area contributed by atoms with E-state index < -0.39 is 17.6 Å². The number of rotatable bonds is 3. The lowest BCUT2D eigenvalue weighted by Gasteiger charge is -2.08. The number of aromatic carboxylic acids is 1. The van der Waals surface area contributed by atoms with Crippen LogP contribution in [0.5, 0.6) is 0 Å². The number of nitrogens with zero attached hydrogens (tertiary/aromatic N) is 2. The van der Waals surface area contributed by atoms with E-state index in [9.17, 15) is 13.6 Å². The minimum atomic E-state index is -1.13. The summed E-state index contributed by atoms with van der Waals surface area (Å²) in [5.74, 6) is -2.60. The normalized spacial score (nSPS) is 11.0. The Morgan fingerprint density at radius 1 is 1.27 bits per heavy atom. The topological polar surface area (TPSA) is 55.1 Å². The molecule has 0 spiro atoms. The highest BCUT2D eigenvalue weighted by Crippen LogP contribution is 2.22. The minimum Gasteiger partial charge on any atom is -0.477 e. The van der Waals surface area contributed by atoms with E-state index in [0.717, 1.165) is 12.1 Å². The highest BCUT2D eigenvalue weighted by atomic mass is 35.5. The van der Waals surface area contributed by atoms with Crippen LogP contribution in [-0.2, 0) is 6.54 Å². The predicted octanol–water partition coefficient (Wildman–Crippen LogP) is 3.71.